The average molecular weight is 368 g/mol. The van der Waals surface area contributed by atoms with Crippen molar-refractivity contribution in [2.24, 2.45) is 0 Å². The van der Waals surface area contributed by atoms with Crippen LogP contribution < -0.4 is 0 Å². The Bertz CT molecular complexity index is 556. The van der Waals surface area contributed by atoms with Gasteiger partial charge in [-0.05, 0) is 23.7 Å². The summed E-state index contributed by atoms with van der Waals surface area (Å²) in [7, 11) is -1.87. The molecule has 1 aromatic carbocycles. The van der Waals surface area contributed by atoms with E-state index in [1.54, 1.807) is 0 Å². The fourth-order valence-electron chi connectivity index (χ4n) is 2.70. The molecule has 0 radical (unpaired) electrons. The number of nitrogens with zero attached hydrogens (tertiary/aromatic N) is 1. The topological polar surface area (TPSA) is 29.5 Å². The van der Waals surface area contributed by atoms with Crippen LogP contribution in [0.4, 0.5) is 0 Å². The highest BCUT2D eigenvalue weighted by Gasteiger charge is 2.40. The minimum Gasteiger partial charge on any atom is -0.415 e. The van der Waals surface area contributed by atoms with Gasteiger partial charge in [0.25, 0.3) is 0 Å². The van der Waals surface area contributed by atoms with Crippen LogP contribution >= 0.6 is 11.6 Å². The Kier molecular flexibility index (Phi) is 6.29. The molecule has 1 unspecified atom stereocenters. The third-order valence-corrected chi connectivity index (χ3v) is 10.1. The van der Waals surface area contributed by atoms with Crippen LogP contribution in [-0.4, -0.2) is 43.6 Å². The second kappa shape index (κ2) is 7.69. The number of likely N-dealkylation sites (tertiary alicyclic amines) is 1. The molecule has 1 heterocycles. The Morgan fingerprint density at radius 3 is 2.46 bits per heavy atom. The number of alkyl halides is 1. The Balaban J connectivity index is 2.10. The van der Waals surface area contributed by atoms with E-state index in [2.05, 4.69) is 50.9 Å². The summed E-state index contributed by atoms with van der Waals surface area (Å²) in [6.07, 6.45) is 0.443. The first-order valence-electron chi connectivity index (χ1n) is 8.69. The van der Waals surface area contributed by atoms with Crippen molar-refractivity contribution in [3.63, 3.8) is 0 Å². The van der Waals surface area contributed by atoms with Gasteiger partial charge in [-0.15, -0.1) is 11.6 Å². The third-order valence-electron chi connectivity index (χ3n) is 5.30. The Morgan fingerprint density at radius 2 is 1.88 bits per heavy atom. The van der Waals surface area contributed by atoms with E-state index >= 15 is 0 Å². The first-order chi connectivity index (χ1) is 11.1. The first kappa shape index (κ1) is 19.6. The van der Waals surface area contributed by atoms with Gasteiger partial charge in [0.15, 0.2) is 14.1 Å². The lowest BCUT2D eigenvalue weighted by Crippen LogP contribution is -2.54. The maximum absolute atomic E-state index is 12.6. The van der Waals surface area contributed by atoms with Gasteiger partial charge < -0.3 is 4.43 Å². The summed E-state index contributed by atoms with van der Waals surface area (Å²) in [6, 6.07) is 10.1. The van der Waals surface area contributed by atoms with Crippen molar-refractivity contribution in [3.05, 3.63) is 35.9 Å². The normalized spacial score (nSPS) is 23.5. The molecule has 24 heavy (non-hydrogen) atoms. The average Bonchev–Trinajstić information content (AvgIpc) is 2.46. The van der Waals surface area contributed by atoms with Crippen LogP contribution in [0.25, 0.3) is 0 Å². The quantitative estimate of drug-likeness (QED) is 0.568. The zero-order chi connectivity index (χ0) is 18.0. The number of hydrogen-bond acceptors (Lipinski definition) is 3. The number of rotatable bonds is 5. The van der Waals surface area contributed by atoms with Gasteiger partial charge >= 0.3 is 0 Å². The van der Waals surface area contributed by atoms with Gasteiger partial charge in [-0.3, -0.25) is 9.69 Å². The van der Waals surface area contributed by atoms with Gasteiger partial charge in [0, 0.05) is 19.5 Å². The van der Waals surface area contributed by atoms with Gasteiger partial charge in [-0.1, -0.05) is 51.1 Å². The zero-order valence-corrected chi connectivity index (χ0v) is 17.3. The van der Waals surface area contributed by atoms with Gasteiger partial charge in [-0.2, -0.15) is 0 Å². The van der Waals surface area contributed by atoms with Crippen LogP contribution in [0.1, 0.15) is 32.8 Å². The highest BCUT2D eigenvalue weighted by atomic mass is 35.5. The molecule has 1 fully saturated rings. The molecule has 0 bridgehead atoms. The number of benzene rings is 1. The number of carbonyl (C=O) groups is 1. The molecule has 1 aliphatic rings. The van der Waals surface area contributed by atoms with Crippen molar-refractivity contribution in [3.8, 4) is 0 Å². The second-order valence-electron chi connectivity index (χ2n) is 8.27. The smallest absolute Gasteiger partial charge is 0.192 e. The van der Waals surface area contributed by atoms with Gasteiger partial charge in [0.05, 0.1) is 18.0 Å². The maximum atomic E-state index is 12.6. The summed E-state index contributed by atoms with van der Waals surface area (Å²) < 4.78 is 6.34. The van der Waals surface area contributed by atoms with E-state index in [1.165, 1.54) is 5.56 Å². The molecule has 0 amide bonds. The lowest BCUT2D eigenvalue weighted by molar-refractivity contribution is -0.128. The van der Waals surface area contributed by atoms with Crippen LogP contribution in [0.2, 0.25) is 18.1 Å². The van der Waals surface area contributed by atoms with Crippen LogP contribution in [-0.2, 0) is 15.8 Å². The van der Waals surface area contributed by atoms with E-state index in [9.17, 15) is 4.79 Å². The fraction of sp³-hybridized carbons (Fsp3) is 0.632. The number of Topliss-reactive ketones (excluding diaryl/α,β-unsaturated/α-hetero) is 1. The van der Waals surface area contributed by atoms with Crippen molar-refractivity contribution >= 4 is 25.7 Å². The minimum absolute atomic E-state index is 0.106. The Labute approximate surface area is 152 Å². The highest BCUT2D eigenvalue weighted by Crippen LogP contribution is 2.37. The molecule has 5 heteroatoms. The van der Waals surface area contributed by atoms with Crippen molar-refractivity contribution < 1.29 is 9.22 Å². The van der Waals surface area contributed by atoms with Crippen LogP contribution in [0.3, 0.4) is 0 Å². The summed E-state index contributed by atoms with van der Waals surface area (Å²) in [5.74, 6) is 0.205. The molecule has 0 aromatic heterocycles. The molecule has 0 N–H and O–H groups in total. The predicted octanol–water partition coefficient (Wildman–Crippen LogP) is 4.46. The fourth-order valence-corrected chi connectivity index (χ4v) is 4.04. The van der Waals surface area contributed by atoms with Gasteiger partial charge in [0.1, 0.15) is 0 Å². The Hall–Kier alpha value is -0.683. The largest absolute Gasteiger partial charge is 0.415 e. The molecular weight excluding hydrogens is 338 g/mol. The van der Waals surface area contributed by atoms with E-state index in [-0.39, 0.29) is 22.2 Å². The van der Waals surface area contributed by atoms with E-state index in [4.69, 9.17) is 16.0 Å². The lowest BCUT2D eigenvalue weighted by Gasteiger charge is -2.41. The number of halogens is 1. The molecular formula is C19H30ClNO2Si. The van der Waals surface area contributed by atoms with Crippen LogP contribution in [0, 0.1) is 0 Å². The van der Waals surface area contributed by atoms with Crippen LogP contribution in [0.5, 0.6) is 0 Å². The molecule has 0 spiro atoms. The molecule has 3 nitrogen and oxygen atoms in total. The van der Waals surface area contributed by atoms with Gasteiger partial charge in [-0.25, -0.2) is 0 Å². The molecule has 1 saturated heterocycles. The third kappa shape index (κ3) is 4.91. The zero-order valence-electron chi connectivity index (χ0n) is 15.5. The van der Waals surface area contributed by atoms with E-state index < -0.39 is 8.32 Å². The number of ketones is 1. The Morgan fingerprint density at radius 1 is 1.25 bits per heavy atom. The van der Waals surface area contributed by atoms with E-state index in [1.807, 2.05) is 18.2 Å². The number of hydrogen-bond donors (Lipinski definition) is 0. The second-order valence-corrected chi connectivity index (χ2v) is 13.7. The lowest BCUT2D eigenvalue weighted by atomic mass is 10.00. The molecule has 0 aliphatic carbocycles. The molecule has 2 atom stereocenters. The van der Waals surface area contributed by atoms with Crippen molar-refractivity contribution in [1.82, 2.24) is 4.90 Å². The predicted molar refractivity (Wildman–Crippen MR) is 103 cm³/mol. The SMILES string of the molecule is CC(C)(C)[Si](C)(C)OC[C@@H]1C(=O)CC(Cl)CN1Cc1ccccc1. The summed E-state index contributed by atoms with van der Waals surface area (Å²) in [6.45, 7) is 13.1. The standard InChI is InChI=1S/C19H30ClNO2Si/c1-19(2,3)24(4,5)23-14-17-18(22)11-16(20)13-21(17)12-15-9-7-6-8-10-15/h6-10,16-17H,11-14H2,1-5H3/t16?,17-/m1/s1. The number of piperidine rings is 1. The highest BCUT2D eigenvalue weighted by molar-refractivity contribution is 6.74. The molecule has 2 rings (SSSR count). The molecule has 0 saturated carbocycles. The summed E-state index contributed by atoms with van der Waals surface area (Å²) in [5, 5.41) is 0.0367. The number of carbonyl (C=O) groups excluding carboxylic acids is 1. The van der Waals surface area contributed by atoms with Crippen LogP contribution in [0.15, 0.2) is 30.3 Å². The molecule has 1 aromatic rings. The van der Waals surface area contributed by atoms with Crippen molar-refractivity contribution in [1.29, 1.82) is 0 Å². The maximum Gasteiger partial charge on any atom is 0.192 e. The molecule has 134 valence electrons. The summed E-state index contributed by atoms with van der Waals surface area (Å²) in [4.78, 5) is 14.8. The van der Waals surface area contributed by atoms with Gasteiger partial charge in [0.2, 0.25) is 0 Å². The minimum atomic E-state index is -1.87. The molecule has 1 aliphatic heterocycles. The van der Waals surface area contributed by atoms with E-state index in [0.717, 1.165) is 13.1 Å². The first-order valence-corrected chi connectivity index (χ1v) is 12.0. The van der Waals surface area contributed by atoms with Crippen molar-refractivity contribution in [2.75, 3.05) is 13.2 Å². The van der Waals surface area contributed by atoms with Crippen molar-refractivity contribution in [2.45, 2.75) is 63.3 Å². The monoisotopic (exact) mass is 367 g/mol. The van der Waals surface area contributed by atoms with E-state index in [0.29, 0.717) is 13.0 Å². The summed E-state index contributed by atoms with van der Waals surface area (Å²) >= 11 is 6.31. The summed E-state index contributed by atoms with van der Waals surface area (Å²) in [5.41, 5.74) is 1.20.